The average molecular weight is 518 g/mol. The largest absolute Gasteiger partial charge is 0.463 e. The maximum Gasteiger partial charge on any atom is 0.338 e. The van der Waals surface area contributed by atoms with Crippen LogP contribution in [0.15, 0.2) is 63.5 Å². The van der Waals surface area contributed by atoms with E-state index in [1.54, 1.807) is 44.2 Å². The molecule has 0 fully saturated rings. The molecule has 1 atom stereocenters. The summed E-state index contributed by atoms with van der Waals surface area (Å²) in [6, 6.07) is 9.88. The summed E-state index contributed by atoms with van der Waals surface area (Å²) in [5.74, 6) is -0.640. The molecule has 174 valence electrons. The molecule has 4 rings (SSSR count). The van der Waals surface area contributed by atoms with E-state index in [9.17, 15) is 19.7 Å². The van der Waals surface area contributed by atoms with E-state index in [0.29, 0.717) is 36.2 Å². The Labute approximate surface area is 207 Å². The molecule has 11 heteroatoms. The Morgan fingerprint density at radius 1 is 1.26 bits per heavy atom. The lowest BCUT2D eigenvalue weighted by atomic mass is 9.95. The van der Waals surface area contributed by atoms with Crippen LogP contribution in [0.3, 0.4) is 0 Å². The van der Waals surface area contributed by atoms with Gasteiger partial charge in [-0.15, -0.1) is 0 Å². The van der Waals surface area contributed by atoms with E-state index in [1.807, 2.05) is 0 Å². The molecule has 0 saturated heterocycles. The van der Waals surface area contributed by atoms with E-state index in [-0.39, 0.29) is 17.9 Å². The predicted molar refractivity (Wildman–Crippen MR) is 130 cm³/mol. The van der Waals surface area contributed by atoms with Gasteiger partial charge in [-0.1, -0.05) is 52.7 Å². The third kappa shape index (κ3) is 4.42. The fourth-order valence-electron chi connectivity index (χ4n) is 3.67. The number of hydrogen-bond acceptors (Lipinski definition) is 7. The van der Waals surface area contributed by atoms with Crippen LogP contribution in [0.2, 0.25) is 10.0 Å². The van der Waals surface area contributed by atoms with Crippen molar-refractivity contribution in [3.05, 3.63) is 105 Å². The highest BCUT2D eigenvalue weighted by Gasteiger charge is 2.34. The van der Waals surface area contributed by atoms with Crippen LogP contribution in [-0.4, -0.2) is 22.1 Å². The number of fused-ring (bicyclic) bond motifs is 1. The number of ether oxygens (including phenoxy) is 1. The molecule has 1 unspecified atom stereocenters. The van der Waals surface area contributed by atoms with Gasteiger partial charge in [0.2, 0.25) is 0 Å². The number of allylic oxidation sites excluding steroid dienone is 1. The van der Waals surface area contributed by atoms with Crippen LogP contribution >= 0.6 is 34.5 Å². The standard InChI is InChI=1S/C23H17Cl2N3O5S/c1-3-33-22(30)19-12(2)26-23-27(20(19)14-5-4-6-15(11-14)28(31)32)21(29)18(34-23)10-13-7-8-16(24)17(25)9-13/h4-11,20H,3H2,1-2H3/b18-10-. The smallest absolute Gasteiger partial charge is 0.338 e. The number of halogens is 2. The van der Waals surface area contributed by atoms with E-state index < -0.39 is 22.5 Å². The van der Waals surface area contributed by atoms with E-state index >= 15 is 0 Å². The summed E-state index contributed by atoms with van der Waals surface area (Å²) < 4.78 is 6.95. The SMILES string of the molecule is CCOC(=O)C1=C(C)N=c2s/c(=C\c3ccc(Cl)c(Cl)c3)c(=O)n2C1c1cccc([N+](=O)[O-])c1. The maximum atomic E-state index is 13.5. The van der Waals surface area contributed by atoms with Crippen LogP contribution in [0.25, 0.3) is 6.08 Å². The number of rotatable bonds is 5. The molecule has 1 aliphatic heterocycles. The van der Waals surface area contributed by atoms with Crippen LogP contribution < -0.4 is 14.9 Å². The quantitative estimate of drug-likeness (QED) is 0.289. The van der Waals surface area contributed by atoms with Crippen LogP contribution in [-0.2, 0) is 9.53 Å². The van der Waals surface area contributed by atoms with Gasteiger partial charge in [0.05, 0.1) is 43.4 Å². The van der Waals surface area contributed by atoms with E-state index in [4.69, 9.17) is 27.9 Å². The molecule has 34 heavy (non-hydrogen) atoms. The van der Waals surface area contributed by atoms with Crippen molar-refractivity contribution in [2.45, 2.75) is 19.9 Å². The monoisotopic (exact) mass is 517 g/mol. The topological polar surface area (TPSA) is 104 Å². The predicted octanol–water partition coefficient (Wildman–Crippen LogP) is 4.01. The Morgan fingerprint density at radius 3 is 2.71 bits per heavy atom. The lowest BCUT2D eigenvalue weighted by molar-refractivity contribution is -0.384. The Morgan fingerprint density at radius 2 is 2.03 bits per heavy atom. The van der Waals surface area contributed by atoms with Crippen molar-refractivity contribution in [3.8, 4) is 0 Å². The minimum absolute atomic E-state index is 0.124. The number of nitrogens with zero attached hydrogens (tertiary/aromatic N) is 3. The molecule has 0 spiro atoms. The summed E-state index contributed by atoms with van der Waals surface area (Å²) in [6.07, 6.45) is 1.65. The van der Waals surface area contributed by atoms with Gasteiger partial charge in [-0.2, -0.15) is 0 Å². The number of esters is 1. The summed E-state index contributed by atoms with van der Waals surface area (Å²) in [6.45, 7) is 3.44. The number of non-ortho nitro benzene ring substituents is 1. The summed E-state index contributed by atoms with van der Waals surface area (Å²) >= 11 is 13.2. The van der Waals surface area contributed by atoms with Crippen LogP contribution in [0.1, 0.15) is 31.0 Å². The van der Waals surface area contributed by atoms with Crippen molar-refractivity contribution in [2.24, 2.45) is 4.99 Å². The van der Waals surface area contributed by atoms with Gasteiger partial charge >= 0.3 is 5.97 Å². The maximum absolute atomic E-state index is 13.5. The van der Waals surface area contributed by atoms with Crippen molar-refractivity contribution >= 4 is 52.3 Å². The fourth-order valence-corrected chi connectivity index (χ4v) is 5.02. The first-order valence-electron chi connectivity index (χ1n) is 10.1. The summed E-state index contributed by atoms with van der Waals surface area (Å²) in [5.41, 5.74) is 1.02. The van der Waals surface area contributed by atoms with Gasteiger partial charge in [0.25, 0.3) is 11.2 Å². The van der Waals surface area contributed by atoms with Gasteiger partial charge < -0.3 is 4.74 Å². The number of nitro groups is 1. The molecule has 8 nitrogen and oxygen atoms in total. The zero-order valence-electron chi connectivity index (χ0n) is 18.0. The van der Waals surface area contributed by atoms with E-state index in [1.165, 1.54) is 22.8 Å². The van der Waals surface area contributed by atoms with Crippen molar-refractivity contribution in [3.63, 3.8) is 0 Å². The van der Waals surface area contributed by atoms with Gasteiger partial charge in [0.15, 0.2) is 4.80 Å². The van der Waals surface area contributed by atoms with Gasteiger partial charge in [-0.05, 0) is 43.2 Å². The zero-order valence-corrected chi connectivity index (χ0v) is 20.3. The minimum atomic E-state index is -0.939. The van der Waals surface area contributed by atoms with Crippen LogP contribution in [0, 0.1) is 10.1 Å². The second kappa shape index (κ2) is 9.54. The first-order chi connectivity index (χ1) is 16.2. The normalized spacial score (nSPS) is 15.6. The number of aromatic nitrogens is 1. The molecular formula is C23H17Cl2N3O5S. The number of thiazole rings is 1. The Balaban J connectivity index is 1.97. The lowest BCUT2D eigenvalue weighted by Crippen LogP contribution is -2.40. The second-order valence-electron chi connectivity index (χ2n) is 7.33. The van der Waals surface area contributed by atoms with E-state index in [0.717, 1.165) is 11.3 Å². The number of carbonyl (C=O) groups excluding carboxylic acids is 1. The first kappa shape index (κ1) is 23.9. The fraction of sp³-hybridized carbons (Fsp3) is 0.174. The Hall–Kier alpha value is -3.27. The Bertz CT molecular complexity index is 1540. The molecule has 1 aromatic heterocycles. The molecule has 2 aromatic carbocycles. The highest BCUT2D eigenvalue weighted by Crippen LogP contribution is 2.32. The van der Waals surface area contributed by atoms with Crippen LogP contribution in [0.5, 0.6) is 0 Å². The Kier molecular flexibility index (Phi) is 6.70. The van der Waals surface area contributed by atoms with Gasteiger partial charge in [0, 0.05) is 12.1 Å². The number of benzene rings is 2. The van der Waals surface area contributed by atoms with Crippen molar-refractivity contribution in [1.29, 1.82) is 0 Å². The third-order valence-electron chi connectivity index (χ3n) is 5.16. The molecule has 0 amide bonds. The van der Waals surface area contributed by atoms with E-state index in [2.05, 4.69) is 4.99 Å². The van der Waals surface area contributed by atoms with Crippen LogP contribution in [0.4, 0.5) is 5.69 Å². The zero-order chi connectivity index (χ0) is 24.6. The number of nitro benzene ring substituents is 1. The highest BCUT2D eigenvalue weighted by molar-refractivity contribution is 7.07. The third-order valence-corrected chi connectivity index (χ3v) is 6.88. The average Bonchev–Trinajstić information content (AvgIpc) is 3.10. The molecule has 2 heterocycles. The lowest BCUT2D eigenvalue weighted by Gasteiger charge is -2.24. The van der Waals surface area contributed by atoms with Gasteiger partial charge in [-0.3, -0.25) is 19.5 Å². The highest BCUT2D eigenvalue weighted by atomic mass is 35.5. The molecule has 3 aromatic rings. The molecule has 0 aliphatic carbocycles. The molecule has 0 radical (unpaired) electrons. The molecular weight excluding hydrogens is 501 g/mol. The molecule has 0 N–H and O–H groups in total. The first-order valence-corrected chi connectivity index (χ1v) is 11.7. The summed E-state index contributed by atoms with van der Waals surface area (Å²) in [5, 5.41) is 12.1. The van der Waals surface area contributed by atoms with Crippen molar-refractivity contribution in [2.75, 3.05) is 6.61 Å². The summed E-state index contributed by atoms with van der Waals surface area (Å²) in [4.78, 5) is 42.1. The van der Waals surface area contributed by atoms with Gasteiger partial charge in [0.1, 0.15) is 0 Å². The second-order valence-corrected chi connectivity index (χ2v) is 9.15. The van der Waals surface area contributed by atoms with Crippen molar-refractivity contribution < 1.29 is 14.5 Å². The van der Waals surface area contributed by atoms with Gasteiger partial charge in [-0.25, -0.2) is 9.79 Å². The number of carbonyl (C=O) groups is 1. The molecule has 1 aliphatic rings. The molecule has 0 saturated carbocycles. The summed E-state index contributed by atoms with van der Waals surface area (Å²) in [7, 11) is 0. The molecule has 0 bridgehead atoms. The number of hydrogen-bond donors (Lipinski definition) is 0. The van der Waals surface area contributed by atoms with Crippen molar-refractivity contribution in [1.82, 2.24) is 4.57 Å². The minimum Gasteiger partial charge on any atom is -0.463 e.